The number of benzene rings is 1. The number of hydrogen-bond acceptors (Lipinski definition) is 5. The van der Waals surface area contributed by atoms with E-state index in [4.69, 9.17) is 4.74 Å². The summed E-state index contributed by atoms with van der Waals surface area (Å²) < 4.78 is 19.5. The first-order valence-corrected chi connectivity index (χ1v) is 10.9. The third-order valence-corrected chi connectivity index (χ3v) is 5.71. The number of nitrogens with one attached hydrogen (secondary N) is 2. The Kier molecular flexibility index (Phi) is 8.36. The molecular weight excluding hydrogens is 403 g/mol. The maximum absolute atomic E-state index is 14.2. The maximum atomic E-state index is 14.2. The number of ether oxygens (including phenoxy) is 1. The Balaban J connectivity index is 1.54. The van der Waals surface area contributed by atoms with Gasteiger partial charge < -0.3 is 20.3 Å². The first kappa shape index (κ1) is 23.1. The van der Waals surface area contributed by atoms with Crippen LogP contribution >= 0.6 is 0 Å². The molecule has 31 heavy (non-hydrogen) atoms. The van der Waals surface area contributed by atoms with Crippen LogP contribution in [-0.2, 0) is 19.1 Å². The Bertz CT molecular complexity index is 798. The second-order valence-electron chi connectivity index (χ2n) is 7.97. The van der Waals surface area contributed by atoms with E-state index in [1.807, 2.05) is 0 Å². The molecule has 2 aliphatic heterocycles. The van der Waals surface area contributed by atoms with E-state index in [-0.39, 0.29) is 35.7 Å². The fourth-order valence-electron chi connectivity index (χ4n) is 3.88. The molecule has 0 aromatic heterocycles. The van der Waals surface area contributed by atoms with Gasteiger partial charge in [-0.1, -0.05) is 6.92 Å². The fourth-order valence-corrected chi connectivity index (χ4v) is 3.88. The van der Waals surface area contributed by atoms with Crippen molar-refractivity contribution in [1.82, 2.24) is 9.80 Å². The first-order chi connectivity index (χ1) is 15.0. The first-order valence-electron chi connectivity index (χ1n) is 10.9. The van der Waals surface area contributed by atoms with Crippen LogP contribution in [0.15, 0.2) is 18.2 Å². The minimum Gasteiger partial charge on any atom is -0.379 e. The van der Waals surface area contributed by atoms with Gasteiger partial charge in [-0.3, -0.25) is 19.3 Å². The summed E-state index contributed by atoms with van der Waals surface area (Å²) in [6.07, 6.45) is 2.14. The lowest BCUT2D eigenvalue weighted by atomic mass is 9.96. The van der Waals surface area contributed by atoms with Crippen LogP contribution in [0.4, 0.5) is 15.8 Å². The van der Waals surface area contributed by atoms with Crippen LogP contribution in [0, 0.1) is 11.7 Å². The van der Waals surface area contributed by atoms with E-state index in [1.165, 1.54) is 18.2 Å². The van der Waals surface area contributed by atoms with Gasteiger partial charge in [-0.25, -0.2) is 4.39 Å². The maximum Gasteiger partial charge on any atom is 0.229 e. The molecule has 0 spiro atoms. The lowest BCUT2D eigenvalue weighted by Gasteiger charge is -2.32. The number of anilines is 2. The molecule has 0 radical (unpaired) electrons. The molecule has 170 valence electrons. The number of rotatable bonds is 7. The Labute approximate surface area is 182 Å². The minimum absolute atomic E-state index is 0.0382. The number of carbonyl (C=O) groups excluding carboxylic acids is 3. The fraction of sp³-hybridized carbons (Fsp3) is 0.591. The van der Waals surface area contributed by atoms with Gasteiger partial charge in [-0.05, 0) is 31.0 Å². The zero-order chi connectivity index (χ0) is 22.2. The standard InChI is InChI=1S/C22H31FN4O4/c1-2-21(29)27-8-3-4-16(15-27)22(30)24-17-5-6-18(23)19(14-17)25-20(28)7-9-26-10-12-31-13-11-26/h5-6,14,16H,2-4,7-13,15H2,1H3,(H,24,30)(H,25,28). The van der Waals surface area contributed by atoms with Crippen LogP contribution < -0.4 is 10.6 Å². The second-order valence-corrected chi connectivity index (χ2v) is 7.97. The summed E-state index contributed by atoms with van der Waals surface area (Å²) in [6, 6.07) is 4.12. The van der Waals surface area contributed by atoms with Crippen molar-refractivity contribution >= 4 is 29.1 Å². The van der Waals surface area contributed by atoms with Crippen molar-refractivity contribution in [3.63, 3.8) is 0 Å². The Hall–Kier alpha value is -2.52. The van der Waals surface area contributed by atoms with Crippen molar-refractivity contribution in [3.05, 3.63) is 24.0 Å². The summed E-state index contributed by atoms with van der Waals surface area (Å²) in [5, 5.41) is 5.39. The zero-order valence-corrected chi connectivity index (χ0v) is 18.0. The molecule has 8 nitrogen and oxygen atoms in total. The normalized spacial score (nSPS) is 19.7. The molecule has 9 heteroatoms. The smallest absolute Gasteiger partial charge is 0.229 e. The average molecular weight is 435 g/mol. The summed E-state index contributed by atoms with van der Waals surface area (Å²) in [5.74, 6) is -1.31. The predicted octanol–water partition coefficient (Wildman–Crippen LogP) is 2.07. The molecule has 1 atom stereocenters. The second kappa shape index (κ2) is 11.2. The molecule has 3 rings (SSSR count). The van der Waals surface area contributed by atoms with Crippen LogP contribution in [0.25, 0.3) is 0 Å². The third kappa shape index (κ3) is 6.73. The Morgan fingerprint density at radius 1 is 1.16 bits per heavy atom. The molecule has 0 saturated carbocycles. The highest BCUT2D eigenvalue weighted by molar-refractivity contribution is 5.95. The summed E-state index contributed by atoms with van der Waals surface area (Å²) in [7, 11) is 0. The van der Waals surface area contributed by atoms with E-state index >= 15 is 0 Å². The van der Waals surface area contributed by atoms with Gasteiger partial charge in [0, 0.05) is 51.3 Å². The molecule has 2 saturated heterocycles. The van der Waals surface area contributed by atoms with Crippen molar-refractivity contribution < 1.29 is 23.5 Å². The number of carbonyl (C=O) groups is 3. The van der Waals surface area contributed by atoms with Crippen molar-refractivity contribution in [1.29, 1.82) is 0 Å². The van der Waals surface area contributed by atoms with Gasteiger partial charge in [-0.2, -0.15) is 0 Å². The van der Waals surface area contributed by atoms with Crippen LogP contribution in [0.2, 0.25) is 0 Å². The van der Waals surface area contributed by atoms with Gasteiger partial charge in [0.05, 0.1) is 24.8 Å². The minimum atomic E-state index is -0.560. The topological polar surface area (TPSA) is 91.0 Å². The van der Waals surface area contributed by atoms with E-state index in [9.17, 15) is 18.8 Å². The SMILES string of the molecule is CCC(=O)N1CCCC(C(=O)Nc2ccc(F)c(NC(=O)CCN3CCOCC3)c2)C1. The number of hydrogen-bond donors (Lipinski definition) is 2. The van der Waals surface area contributed by atoms with Crippen molar-refractivity contribution in [2.75, 3.05) is 56.6 Å². The molecule has 0 bridgehead atoms. The van der Waals surface area contributed by atoms with Crippen LogP contribution in [0.3, 0.4) is 0 Å². The van der Waals surface area contributed by atoms with Gasteiger partial charge in [0.25, 0.3) is 0 Å². The van der Waals surface area contributed by atoms with Crippen molar-refractivity contribution in [2.24, 2.45) is 5.92 Å². The molecule has 1 unspecified atom stereocenters. The lowest BCUT2D eigenvalue weighted by molar-refractivity contribution is -0.134. The van der Waals surface area contributed by atoms with Gasteiger partial charge in [0.15, 0.2) is 0 Å². The highest BCUT2D eigenvalue weighted by atomic mass is 19.1. The van der Waals surface area contributed by atoms with Gasteiger partial charge in [-0.15, -0.1) is 0 Å². The summed E-state index contributed by atoms with van der Waals surface area (Å²) in [4.78, 5) is 40.7. The monoisotopic (exact) mass is 434 g/mol. The number of halogens is 1. The summed E-state index contributed by atoms with van der Waals surface area (Å²) in [6.45, 7) is 6.34. The third-order valence-electron chi connectivity index (χ3n) is 5.71. The molecule has 1 aromatic carbocycles. The molecule has 3 amide bonds. The summed E-state index contributed by atoms with van der Waals surface area (Å²) in [5.41, 5.74) is 0.449. The highest BCUT2D eigenvalue weighted by Crippen LogP contribution is 2.23. The van der Waals surface area contributed by atoms with E-state index in [2.05, 4.69) is 15.5 Å². The van der Waals surface area contributed by atoms with Crippen molar-refractivity contribution in [2.45, 2.75) is 32.6 Å². The van der Waals surface area contributed by atoms with Gasteiger partial charge in [0.1, 0.15) is 5.82 Å². The van der Waals surface area contributed by atoms with E-state index in [0.29, 0.717) is 51.4 Å². The Morgan fingerprint density at radius 3 is 2.68 bits per heavy atom. The number of morpholine rings is 1. The van der Waals surface area contributed by atoms with Crippen LogP contribution in [0.1, 0.15) is 32.6 Å². The predicted molar refractivity (Wildman–Crippen MR) is 115 cm³/mol. The quantitative estimate of drug-likeness (QED) is 0.686. The lowest BCUT2D eigenvalue weighted by Crippen LogP contribution is -2.43. The van der Waals surface area contributed by atoms with Gasteiger partial charge in [0.2, 0.25) is 17.7 Å². The van der Waals surface area contributed by atoms with E-state index in [0.717, 1.165) is 19.5 Å². The molecular formula is C22H31FN4O4. The molecule has 2 heterocycles. The molecule has 0 aliphatic carbocycles. The molecule has 2 aliphatic rings. The highest BCUT2D eigenvalue weighted by Gasteiger charge is 2.28. The summed E-state index contributed by atoms with van der Waals surface area (Å²) >= 11 is 0. The molecule has 1 aromatic rings. The van der Waals surface area contributed by atoms with Crippen LogP contribution in [-0.4, -0.2) is 73.5 Å². The average Bonchev–Trinajstić information content (AvgIpc) is 2.80. The molecule has 2 N–H and O–H groups in total. The number of piperidine rings is 1. The molecule has 2 fully saturated rings. The Morgan fingerprint density at radius 2 is 1.94 bits per heavy atom. The number of likely N-dealkylation sites (tertiary alicyclic amines) is 1. The largest absolute Gasteiger partial charge is 0.379 e. The number of nitrogens with zero attached hydrogens (tertiary/aromatic N) is 2. The van der Waals surface area contributed by atoms with E-state index < -0.39 is 5.82 Å². The zero-order valence-electron chi connectivity index (χ0n) is 18.0. The van der Waals surface area contributed by atoms with Gasteiger partial charge >= 0.3 is 0 Å². The number of amides is 3. The van der Waals surface area contributed by atoms with Crippen molar-refractivity contribution in [3.8, 4) is 0 Å². The van der Waals surface area contributed by atoms with E-state index in [1.54, 1.807) is 11.8 Å². The van der Waals surface area contributed by atoms with Crippen LogP contribution in [0.5, 0.6) is 0 Å².